The Balaban J connectivity index is 1.09. The van der Waals surface area contributed by atoms with Crippen LogP contribution in [0.5, 0.6) is 0 Å². The summed E-state index contributed by atoms with van der Waals surface area (Å²) in [4.78, 5) is 0. The van der Waals surface area contributed by atoms with E-state index in [1.165, 1.54) is 65.9 Å². The number of fused-ring (bicyclic) bond motifs is 9. The molecule has 0 bridgehead atoms. The Morgan fingerprint density at radius 2 is 0.804 bits per heavy atom. The monoisotopic (exact) mass is 650 g/mol. The highest BCUT2D eigenvalue weighted by Gasteiger charge is 2.18. The van der Waals surface area contributed by atoms with Crippen molar-refractivity contribution in [1.82, 2.24) is 9.13 Å². The van der Waals surface area contributed by atoms with Crippen LogP contribution in [0.1, 0.15) is 0 Å². The molecule has 3 heterocycles. The van der Waals surface area contributed by atoms with Crippen molar-refractivity contribution in [2.45, 2.75) is 0 Å². The molecule has 8 aromatic carbocycles. The van der Waals surface area contributed by atoms with Gasteiger partial charge >= 0.3 is 0 Å². The number of para-hydroxylation sites is 4. The molecule has 0 spiro atoms. The van der Waals surface area contributed by atoms with Crippen molar-refractivity contribution in [1.29, 1.82) is 0 Å². The SMILES string of the molecule is c1ccc(-n2c3ccccc3c3cc(-c4ccc5oc6cccc(-c7ccc8c(c7)c7ccccc7n8-c7ccccc7)c6c5c4)ccc32)cc1. The van der Waals surface area contributed by atoms with Gasteiger partial charge in [0, 0.05) is 43.7 Å². The summed E-state index contributed by atoms with van der Waals surface area (Å²) in [6.07, 6.45) is 0. The number of hydrogen-bond donors (Lipinski definition) is 0. The molecule has 3 aromatic heterocycles. The first-order valence-electron chi connectivity index (χ1n) is 17.4. The molecular formula is C48H30N2O. The first kappa shape index (κ1) is 28.0. The topological polar surface area (TPSA) is 23.0 Å². The van der Waals surface area contributed by atoms with Gasteiger partial charge in [0.15, 0.2) is 0 Å². The molecule has 0 aliphatic rings. The van der Waals surface area contributed by atoms with Crippen LogP contribution in [-0.2, 0) is 0 Å². The lowest BCUT2D eigenvalue weighted by molar-refractivity contribution is 0.669. The van der Waals surface area contributed by atoms with Gasteiger partial charge in [0.05, 0.1) is 22.1 Å². The lowest BCUT2D eigenvalue weighted by Crippen LogP contribution is -1.92. The fraction of sp³-hybridized carbons (Fsp3) is 0. The van der Waals surface area contributed by atoms with Crippen LogP contribution in [0.3, 0.4) is 0 Å². The second-order valence-corrected chi connectivity index (χ2v) is 13.3. The average Bonchev–Trinajstić information content (AvgIpc) is 3.85. The molecule has 0 aliphatic carbocycles. The summed E-state index contributed by atoms with van der Waals surface area (Å²) >= 11 is 0. The number of rotatable bonds is 4. The molecule has 0 amide bonds. The molecule has 0 atom stereocenters. The molecule has 0 N–H and O–H groups in total. The lowest BCUT2D eigenvalue weighted by atomic mass is 9.96. The van der Waals surface area contributed by atoms with Crippen molar-refractivity contribution in [3.05, 3.63) is 182 Å². The fourth-order valence-corrected chi connectivity index (χ4v) is 8.25. The number of aromatic nitrogens is 2. The van der Waals surface area contributed by atoms with Gasteiger partial charge in [0.25, 0.3) is 0 Å². The number of hydrogen-bond acceptors (Lipinski definition) is 1. The number of benzene rings is 8. The molecule has 11 aromatic rings. The maximum atomic E-state index is 6.50. The Morgan fingerprint density at radius 3 is 1.43 bits per heavy atom. The van der Waals surface area contributed by atoms with Gasteiger partial charge in [0.2, 0.25) is 0 Å². The van der Waals surface area contributed by atoms with E-state index in [9.17, 15) is 0 Å². The standard InChI is InChI=1S/C48H30N2O/c1-3-12-34(13-4-1)49-42-19-9-7-16-37(42)39-28-31(22-25-44(39)49)32-24-27-46-41(29-32)48-36(18-11-21-47(48)51-46)33-23-26-45-40(30-33)38-17-8-10-20-43(38)50(45)35-14-5-2-6-15-35/h1-30H. The zero-order chi connectivity index (χ0) is 33.5. The first-order chi connectivity index (χ1) is 25.3. The van der Waals surface area contributed by atoms with Crippen molar-refractivity contribution < 1.29 is 4.42 Å². The zero-order valence-electron chi connectivity index (χ0n) is 27.6. The molecule has 11 rings (SSSR count). The molecule has 51 heavy (non-hydrogen) atoms. The third kappa shape index (κ3) is 4.19. The predicted octanol–water partition coefficient (Wildman–Crippen LogP) is 13.1. The minimum atomic E-state index is 0.893. The van der Waals surface area contributed by atoms with Crippen molar-refractivity contribution in [3.63, 3.8) is 0 Å². The van der Waals surface area contributed by atoms with Gasteiger partial charge in [-0.05, 0) is 101 Å². The number of furan rings is 1. The van der Waals surface area contributed by atoms with E-state index < -0.39 is 0 Å². The van der Waals surface area contributed by atoms with E-state index in [0.29, 0.717) is 0 Å². The minimum Gasteiger partial charge on any atom is -0.456 e. The van der Waals surface area contributed by atoms with Crippen LogP contribution in [-0.4, -0.2) is 9.13 Å². The van der Waals surface area contributed by atoms with Gasteiger partial charge in [-0.25, -0.2) is 0 Å². The molecule has 238 valence electrons. The van der Waals surface area contributed by atoms with Gasteiger partial charge in [0.1, 0.15) is 11.2 Å². The normalized spacial score (nSPS) is 11.9. The summed E-state index contributed by atoms with van der Waals surface area (Å²) in [7, 11) is 0. The van der Waals surface area contributed by atoms with E-state index >= 15 is 0 Å². The minimum absolute atomic E-state index is 0.893. The zero-order valence-corrected chi connectivity index (χ0v) is 27.6. The highest BCUT2D eigenvalue weighted by Crippen LogP contribution is 2.42. The van der Waals surface area contributed by atoms with Crippen molar-refractivity contribution in [2.24, 2.45) is 0 Å². The Kier molecular flexibility index (Phi) is 5.96. The van der Waals surface area contributed by atoms with Crippen LogP contribution in [0.4, 0.5) is 0 Å². The quantitative estimate of drug-likeness (QED) is 0.186. The average molecular weight is 651 g/mol. The van der Waals surface area contributed by atoms with E-state index in [1.807, 2.05) is 0 Å². The fourth-order valence-electron chi connectivity index (χ4n) is 8.25. The molecule has 3 heteroatoms. The van der Waals surface area contributed by atoms with Crippen LogP contribution >= 0.6 is 0 Å². The molecule has 0 radical (unpaired) electrons. The Bertz CT molecular complexity index is 3130. The largest absolute Gasteiger partial charge is 0.456 e. The Morgan fingerprint density at radius 1 is 0.314 bits per heavy atom. The van der Waals surface area contributed by atoms with Gasteiger partial charge in [-0.1, -0.05) is 103 Å². The summed E-state index contributed by atoms with van der Waals surface area (Å²) < 4.78 is 11.2. The molecular weight excluding hydrogens is 621 g/mol. The van der Waals surface area contributed by atoms with Crippen molar-refractivity contribution in [2.75, 3.05) is 0 Å². The second kappa shape index (κ2) is 10.8. The van der Waals surface area contributed by atoms with Crippen LogP contribution in [0.15, 0.2) is 186 Å². The van der Waals surface area contributed by atoms with E-state index in [-0.39, 0.29) is 0 Å². The van der Waals surface area contributed by atoms with Crippen LogP contribution in [0.25, 0.3) is 99.2 Å². The van der Waals surface area contributed by atoms with Crippen molar-refractivity contribution >= 4 is 65.6 Å². The van der Waals surface area contributed by atoms with Gasteiger partial charge in [-0.3, -0.25) is 0 Å². The Labute approximate surface area is 293 Å². The van der Waals surface area contributed by atoms with Crippen LogP contribution in [0, 0.1) is 0 Å². The molecule has 0 unspecified atom stereocenters. The lowest BCUT2D eigenvalue weighted by Gasteiger charge is -2.09. The molecule has 0 saturated carbocycles. The predicted molar refractivity (Wildman–Crippen MR) is 213 cm³/mol. The summed E-state index contributed by atoms with van der Waals surface area (Å²) in [5.74, 6) is 0. The smallest absolute Gasteiger partial charge is 0.136 e. The van der Waals surface area contributed by atoms with E-state index in [0.717, 1.165) is 33.3 Å². The number of nitrogens with zero attached hydrogens (tertiary/aromatic N) is 2. The third-order valence-corrected chi connectivity index (χ3v) is 10.5. The highest BCUT2D eigenvalue weighted by molar-refractivity contribution is 6.16. The second-order valence-electron chi connectivity index (χ2n) is 13.3. The van der Waals surface area contributed by atoms with E-state index in [2.05, 4.69) is 191 Å². The summed E-state index contributed by atoms with van der Waals surface area (Å²) in [6.45, 7) is 0. The summed E-state index contributed by atoms with van der Waals surface area (Å²) in [5.41, 5.74) is 13.6. The third-order valence-electron chi connectivity index (χ3n) is 10.5. The maximum Gasteiger partial charge on any atom is 0.136 e. The highest BCUT2D eigenvalue weighted by atomic mass is 16.3. The molecule has 3 nitrogen and oxygen atoms in total. The van der Waals surface area contributed by atoms with Crippen molar-refractivity contribution in [3.8, 4) is 33.6 Å². The Hall–Kier alpha value is -6.84. The molecule has 0 saturated heterocycles. The van der Waals surface area contributed by atoms with E-state index in [1.54, 1.807) is 0 Å². The molecule has 0 aliphatic heterocycles. The summed E-state index contributed by atoms with van der Waals surface area (Å²) in [5, 5.41) is 7.24. The summed E-state index contributed by atoms with van der Waals surface area (Å²) in [6, 6.07) is 65.4. The van der Waals surface area contributed by atoms with E-state index in [4.69, 9.17) is 4.42 Å². The van der Waals surface area contributed by atoms with Gasteiger partial charge in [-0.2, -0.15) is 0 Å². The molecule has 0 fully saturated rings. The van der Waals surface area contributed by atoms with Gasteiger partial charge in [-0.15, -0.1) is 0 Å². The van der Waals surface area contributed by atoms with Gasteiger partial charge < -0.3 is 13.6 Å². The van der Waals surface area contributed by atoms with Crippen LogP contribution in [0.2, 0.25) is 0 Å². The maximum absolute atomic E-state index is 6.50. The van der Waals surface area contributed by atoms with Crippen LogP contribution < -0.4 is 0 Å². The first-order valence-corrected chi connectivity index (χ1v) is 17.4.